The molecule has 5 atom stereocenters. The average molecular weight is 529 g/mol. The van der Waals surface area contributed by atoms with Crippen LogP contribution in [0.1, 0.15) is 33.1 Å². The summed E-state index contributed by atoms with van der Waals surface area (Å²) < 4.78 is 0. The molecular formula is C22H36IN5O2. The number of aliphatic imine (C=N–C) groups is 1. The zero-order chi connectivity index (χ0) is 20.5. The Hall–Kier alpha value is -1.16. The van der Waals surface area contributed by atoms with Crippen LogP contribution in [0.2, 0.25) is 0 Å². The van der Waals surface area contributed by atoms with E-state index in [4.69, 9.17) is 0 Å². The molecule has 168 valence electrons. The Labute approximate surface area is 197 Å². The van der Waals surface area contributed by atoms with Crippen molar-refractivity contribution in [3.8, 4) is 0 Å². The lowest BCUT2D eigenvalue weighted by Gasteiger charge is -2.35. The highest BCUT2D eigenvalue weighted by molar-refractivity contribution is 14.0. The fourth-order valence-corrected chi connectivity index (χ4v) is 5.53. The van der Waals surface area contributed by atoms with Gasteiger partial charge >= 0.3 is 0 Å². The number of guanidine groups is 1. The van der Waals surface area contributed by atoms with Crippen LogP contribution in [-0.2, 0) is 9.59 Å². The summed E-state index contributed by atoms with van der Waals surface area (Å²) in [5.41, 5.74) is 0. The van der Waals surface area contributed by atoms with Crippen LogP contribution in [0, 0.1) is 29.6 Å². The first kappa shape index (κ1) is 23.5. The van der Waals surface area contributed by atoms with Gasteiger partial charge in [0, 0.05) is 32.7 Å². The van der Waals surface area contributed by atoms with Gasteiger partial charge in [-0.25, -0.2) is 0 Å². The number of nitrogens with zero attached hydrogens (tertiary/aromatic N) is 3. The number of fused-ring (bicyclic) bond motifs is 5. The molecule has 4 rings (SSSR count). The van der Waals surface area contributed by atoms with Gasteiger partial charge in [0.15, 0.2) is 5.96 Å². The predicted molar refractivity (Wildman–Crippen MR) is 129 cm³/mol. The number of hydrogen-bond acceptors (Lipinski definition) is 4. The number of likely N-dealkylation sites (tertiary alicyclic amines) is 2. The van der Waals surface area contributed by atoms with Gasteiger partial charge in [0.05, 0.1) is 11.8 Å². The largest absolute Gasteiger partial charge is 0.355 e. The molecule has 8 heteroatoms. The average Bonchev–Trinajstić information content (AvgIpc) is 3.40. The Morgan fingerprint density at radius 3 is 2.30 bits per heavy atom. The summed E-state index contributed by atoms with van der Waals surface area (Å²) in [6.45, 7) is 8.66. The number of amides is 2. The van der Waals surface area contributed by atoms with E-state index < -0.39 is 0 Å². The molecule has 0 spiro atoms. The highest BCUT2D eigenvalue weighted by Gasteiger charge is 2.58. The molecule has 7 nitrogen and oxygen atoms in total. The van der Waals surface area contributed by atoms with Crippen molar-refractivity contribution < 1.29 is 9.59 Å². The van der Waals surface area contributed by atoms with E-state index in [9.17, 15) is 9.59 Å². The number of carbonyl (C=O) groups excluding carboxylic acids is 2. The zero-order valence-corrected chi connectivity index (χ0v) is 20.7. The number of imide groups is 1. The van der Waals surface area contributed by atoms with Crippen LogP contribution in [0.25, 0.3) is 0 Å². The third-order valence-electron chi connectivity index (χ3n) is 7.42. The lowest BCUT2D eigenvalue weighted by molar-refractivity contribution is -0.140. The monoisotopic (exact) mass is 529 g/mol. The smallest absolute Gasteiger partial charge is 0.233 e. The second-order valence-electron chi connectivity index (χ2n) is 9.28. The number of hydrogen-bond donors (Lipinski definition) is 2. The molecule has 0 aromatic carbocycles. The minimum atomic E-state index is -0.108. The fourth-order valence-electron chi connectivity index (χ4n) is 5.53. The van der Waals surface area contributed by atoms with E-state index in [0.29, 0.717) is 19.1 Å². The van der Waals surface area contributed by atoms with Gasteiger partial charge in [-0.1, -0.05) is 19.1 Å². The molecule has 2 N–H and O–H groups in total. The second-order valence-corrected chi connectivity index (χ2v) is 9.28. The Morgan fingerprint density at radius 1 is 1.13 bits per heavy atom. The van der Waals surface area contributed by atoms with E-state index in [0.717, 1.165) is 37.9 Å². The van der Waals surface area contributed by atoms with Crippen molar-refractivity contribution in [1.82, 2.24) is 20.4 Å². The summed E-state index contributed by atoms with van der Waals surface area (Å²) in [5, 5.41) is 6.65. The Morgan fingerprint density at radius 2 is 1.73 bits per heavy atom. The molecule has 0 aromatic rings. The van der Waals surface area contributed by atoms with E-state index in [-0.39, 0.29) is 59.5 Å². The SMILES string of the molecule is CN=C(NCCN1C(=O)C2C3C=CC(C3)C2C1=O)NCC(C)N1CCC(C)CC1.I. The molecule has 2 amide bonds. The van der Waals surface area contributed by atoms with Crippen molar-refractivity contribution >= 4 is 41.8 Å². The lowest BCUT2D eigenvalue weighted by Crippen LogP contribution is -2.49. The molecule has 0 aromatic heterocycles. The van der Waals surface area contributed by atoms with Gasteiger partial charge < -0.3 is 10.6 Å². The normalized spacial score (nSPS) is 32.4. The molecule has 2 aliphatic heterocycles. The standard InChI is InChI=1S/C22H35N5O2.HI/c1-14-6-9-26(10-7-14)15(2)13-25-22(23-3)24-8-11-27-20(28)18-16-4-5-17(12-16)19(18)21(27)29;/h4-5,14-19H,6-13H2,1-3H3,(H2,23,24,25);1H. The van der Waals surface area contributed by atoms with Gasteiger partial charge in [-0.2, -0.15) is 0 Å². The molecule has 0 radical (unpaired) electrons. The highest BCUT2D eigenvalue weighted by atomic mass is 127. The maximum absolute atomic E-state index is 12.7. The maximum atomic E-state index is 12.7. The van der Waals surface area contributed by atoms with Crippen LogP contribution in [0.15, 0.2) is 17.1 Å². The van der Waals surface area contributed by atoms with E-state index in [1.165, 1.54) is 17.7 Å². The van der Waals surface area contributed by atoms with Crippen LogP contribution in [-0.4, -0.2) is 73.4 Å². The number of nitrogens with one attached hydrogen (secondary N) is 2. The Balaban J connectivity index is 0.00000256. The number of allylic oxidation sites excluding steroid dienone is 2. The summed E-state index contributed by atoms with van der Waals surface area (Å²) in [6.07, 6.45) is 7.79. The summed E-state index contributed by atoms with van der Waals surface area (Å²) in [5.74, 6) is 1.93. The van der Waals surface area contributed by atoms with E-state index in [1.807, 2.05) is 0 Å². The predicted octanol–water partition coefficient (Wildman–Crippen LogP) is 1.70. The topological polar surface area (TPSA) is 77.0 Å². The van der Waals surface area contributed by atoms with Crippen molar-refractivity contribution in [2.75, 3.05) is 39.8 Å². The van der Waals surface area contributed by atoms with Crippen LogP contribution >= 0.6 is 24.0 Å². The molecule has 2 saturated heterocycles. The second kappa shape index (κ2) is 9.97. The van der Waals surface area contributed by atoms with Crippen molar-refractivity contribution in [2.24, 2.45) is 34.6 Å². The molecule has 2 aliphatic carbocycles. The fraction of sp³-hybridized carbons (Fsp3) is 0.773. The summed E-state index contributed by atoms with van der Waals surface area (Å²) in [7, 11) is 1.75. The van der Waals surface area contributed by atoms with E-state index in [1.54, 1.807) is 7.05 Å². The minimum absolute atomic E-state index is 0. The van der Waals surface area contributed by atoms with Crippen molar-refractivity contribution in [1.29, 1.82) is 0 Å². The van der Waals surface area contributed by atoms with Crippen LogP contribution in [0.4, 0.5) is 0 Å². The molecule has 3 fully saturated rings. The van der Waals surface area contributed by atoms with Gasteiger partial charge in [-0.3, -0.25) is 24.4 Å². The van der Waals surface area contributed by atoms with E-state index in [2.05, 4.69) is 46.5 Å². The molecule has 4 aliphatic rings. The van der Waals surface area contributed by atoms with Gasteiger partial charge in [0.2, 0.25) is 11.8 Å². The Bertz CT molecular complexity index is 674. The number of halogens is 1. The summed E-state index contributed by atoms with van der Waals surface area (Å²) in [4.78, 5) is 33.8. The van der Waals surface area contributed by atoms with Crippen molar-refractivity contribution in [3.63, 3.8) is 0 Å². The zero-order valence-electron chi connectivity index (χ0n) is 18.3. The quantitative estimate of drug-likeness (QED) is 0.180. The number of rotatable bonds is 6. The molecule has 30 heavy (non-hydrogen) atoms. The van der Waals surface area contributed by atoms with Gasteiger partial charge in [-0.15, -0.1) is 24.0 Å². The molecular weight excluding hydrogens is 493 g/mol. The summed E-state index contributed by atoms with van der Waals surface area (Å²) >= 11 is 0. The van der Waals surface area contributed by atoms with Crippen molar-refractivity contribution in [3.05, 3.63) is 12.2 Å². The van der Waals surface area contributed by atoms with Crippen LogP contribution < -0.4 is 10.6 Å². The first-order valence-electron chi connectivity index (χ1n) is 11.2. The maximum Gasteiger partial charge on any atom is 0.233 e. The van der Waals surface area contributed by atoms with Crippen LogP contribution in [0.3, 0.4) is 0 Å². The first-order valence-corrected chi connectivity index (χ1v) is 11.2. The molecule has 1 saturated carbocycles. The molecule has 2 bridgehead atoms. The van der Waals surface area contributed by atoms with E-state index >= 15 is 0 Å². The minimum Gasteiger partial charge on any atom is -0.355 e. The van der Waals surface area contributed by atoms with Crippen LogP contribution in [0.5, 0.6) is 0 Å². The molecule has 5 unspecified atom stereocenters. The van der Waals surface area contributed by atoms with Gasteiger partial charge in [0.1, 0.15) is 0 Å². The van der Waals surface area contributed by atoms with Gasteiger partial charge in [-0.05, 0) is 57.0 Å². The summed E-state index contributed by atoms with van der Waals surface area (Å²) in [6, 6.07) is 0.449. The highest BCUT2D eigenvalue weighted by Crippen LogP contribution is 2.52. The molecule has 2 heterocycles. The third-order valence-corrected chi connectivity index (χ3v) is 7.42. The van der Waals surface area contributed by atoms with Gasteiger partial charge in [0.25, 0.3) is 0 Å². The lowest BCUT2D eigenvalue weighted by atomic mass is 9.85. The number of piperidine rings is 1. The third kappa shape index (κ3) is 4.54. The van der Waals surface area contributed by atoms with Crippen molar-refractivity contribution in [2.45, 2.75) is 39.2 Å². The first-order chi connectivity index (χ1) is 14.0. The number of carbonyl (C=O) groups is 2. The Kier molecular flexibility index (Phi) is 7.81.